The molecule has 0 saturated heterocycles. The lowest BCUT2D eigenvalue weighted by atomic mass is 10.3. The largest absolute Gasteiger partial charge is 0.464 e. The van der Waals surface area contributed by atoms with Gasteiger partial charge in [-0.2, -0.15) is 0 Å². The third kappa shape index (κ3) is 3.31. The van der Waals surface area contributed by atoms with Crippen LogP contribution in [0.1, 0.15) is 11.5 Å². The molecule has 0 aliphatic carbocycles. The van der Waals surface area contributed by atoms with Gasteiger partial charge in [0.1, 0.15) is 16.4 Å². The van der Waals surface area contributed by atoms with Crippen LogP contribution in [-0.4, -0.2) is 16.2 Å². The smallest absolute Gasteiger partial charge is 0.285 e. The van der Waals surface area contributed by atoms with Gasteiger partial charge in [-0.1, -0.05) is 12.1 Å². The Kier molecular flexibility index (Phi) is 4.65. The SMILES string of the molecule is CNCc1ccc(CS(=O)c2ccccc2[N+](=O)[O-])o1. The number of nitro groups is 1. The van der Waals surface area contributed by atoms with E-state index in [1.807, 2.05) is 0 Å². The molecule has 1 unspecified atom stereocenters. The first-order valence-corrected chi connectivity index (χ1v) is 7.27. The second-order valence-corrected chi connectivity index (χ2v) is 5.53. The molecule has 0 fully saturated rings. The van der Waals surface area contributed by atoms with Crippen molar-refractivity contribution < 1.29 is 13.5 Å². The van der Waals surface area contributed by atoms with Gasteiger partial charge < -0.3 is 9.73 Å². The molecular formula is C13H14N2O4S. The number of hydrogen-bond donors (Lipinski definition) is 1. The Morgan fingerprint density at radius 1 is 1.25 bits per heavy atom. The summed E-state index contributed by atoms with van der Waals surface area (Å²) in [6, 6.07) is 9.57. The Balaban J connectivity index is 2.17. The van der Waals surface area contributed by atoms with E-state index in [9.17, 15) is 14.3 Å². The van der Waals surface area contributed by atoms with Crippen molar-refractivity contribution in [1.82, 2.24) is 5.32 Å². The fraction of sp³-hybridized carbons (Fsp3) is 0.231. The van der Waals surface area contributed by atoms with Gasteiger partial charge in [-0.3, -0.25) is 14.3 Å². The molecule has 2 rings (SSSR count). The van der Waals surface area contributed by atoms with Crippen LogP contribution >= 0.6 is 0 Å². The molecule has 0 bridgehead atoms. The second kappa shape index (κ2) is 6.44. The van der Waals surface area contributed by atoms with Gasteiger partial charge in [0.2, 0.25) is 0 Å². The van der Waals surface area contributed by atoms with Crippen molar-refractivity contribution >= 4 is 16.5 Å². The van der Waals surface area contributed by atoms with Crippen LogP contribution in [0, 0.1) is 10.1 Å². The molecule has 0 aliphatic rings. The third-order valence-corrected chi connectivity index (χ3v) is 4.03. The highest BCUT2D eigenvalue weighted by Crippen LogP contribution is 2.24. The average molecular weight is 294 g/mol. The molecule has 7 heteroatoms. The van der Waals surface area contributed by atoms with Gasteiger partial charge in [0.15, 0.2) is 0 Å². The Morgan fingerprint density at radius 3 is 2.65 bits per heavy atom. The van der Waals surface area contributed by atoms with E-state index in [0.29, 0.717) is 12.3 Å². The fourth-order valence-corrected chi connectivity index (χ4v) is 2.95. The summed E-state index contributed by atoms with van der Waals surface area (Å²) in [6.07, 6.45) is 0. The molecule has 1 aromatic carbocycles. The average Bonchev–Trinajstić information content (AvgIpc) is 2.86. The van der Waals surface area contributed by atoms with Gasteiger partial charge in [0.25, 0.3) is 5.69 Å². The van der Waals surface area contributed by atoms with Crippen molar-refractivity contribution in [3.05, 3.63) is 58.0 Å². The number of nitro benzene ring substituents is 1. The second-order valence-electron chi connectivity index (χ2n) is 4.11. The van der Waals surface area contributed by atoms with E-state index < -0.39 is 15.7 Å². The maximum atomic E-state index is 12.2. The summed E-state index contributed by atoms with van der Waals surface area (Å²) in [4.78, 5) is 10.6. The topological polar surface area (TPSA) is 85.4 Å². The van der Waals surface area contributed by atoms with Crippen LogP contribution in [0.3, 0.4) is 0 Å². The molecule has 0 spiro atoms. The van der Waals surface area contributed by atoms with Crippen LogP contribution in [0.5, 0.6) is 0 Å². The Morgan fingerprint density at radius 2 is 1.95 bits per heavy atom. The van der Waals surface area contributed by atoms with E-state index in [-0.39, 0.29) is 16.3 Å². The highest BCUT2D eigenvalue weighted by atomic mass is 32.2. The monoisotopic (exact) mass is 294 g/mol. The number of para-hydroxylation sites is 1. The van der Waals surface area contributed by atoms with Crippen LogP contribution in [0.25, 0.3) is 0 Å². The van der Waals surface area contributed by atoms with E-state index in [2.05, 4.69) is 5.32 Å². The van der Waals surface area contributed by atoms with Crippen molar-refractivity contribution in [1.29, 1.82) is 0 Å². The van der Waals surface area contributed by atoms with Crippen molar-refractivity contribution in [2.75, 3.05) is 7.05 Å². The van der Waals surface area contributed by atoms with Crippen LogP contribution in [-0.2, 0) is 23.1 Å². The molecule has 20 heavy (non-hydrogen) atoms. The summed E-state index contributed by atoms with van der Waals surface area (Å²) in [6.45, 7) is 0.581. The van der Waals surface area contributed by atoms with Gasteiger partial charge in [-0.05, 0) is 25.2 Å². The highest BCUT2D eigenvalue weighted by molar-refractivity contribution is 7.84. The van der Waals surface area contributed by atoms with Gasteiger partial charge in [0, 0.05) is 6.07 Å². The van der Waals surface area contributed by atoms with Gasteiger partial charge in [0.05, 0.1) is 28.0 Å². The molecule has 1 atom stereocenters. The summed E-state index contributed by atoms with van der Waals surface area (Å²) < 4.78 is 17.7. The number of nitrogens with zero attached hydrogens (tertiary/aromatic N) is 1. The van der Waals surface area contributed by atoms with E-state index in [0.717, 1.165) is 5.76 Å². The molecule has 106 valence electrons. The Hall–Kier alpha value is -1.99. The molecule has 1 heterocycles. The zero-order chi connectivity index (χ0) is 14.5. The van der Waals surface area contributed by atoms with E-state index >= 15 is 0 Å². The number of hydrogen-bond acceptors (Lipinski definition) is 5. The molecule has 0 amide bonds. The zero-order valence-corrected chi connectivity index (χ0v) is 11.7. The maximum absolute atomic E-state index is 12.2. The number of rotatable bonds is 6. The van der Waals surface area contributed by atoms with Crippen LogP contribution in [0.15, 0.2) is 45.7 Å². The van der Waals surface area contributed by atoms with Crippen molar-refractivity contribution in [2.24, 2.45) is 0 Å². The van der Waals surface area contributed by atoms with Crippen molar-refractivity contribution in [2.45, 2.75) is 17.2 Å². The van der Waals surface area contributed by atoms with E-state index in [1.54, 1.807) is 31.3 Å². The summed E-state index contributed by atoms with van der Waals surface area (Å²) in [5.74, 6) is 1.41. The predicted octanol–water partition coefficient (Wildman–Crippen LogP) is 2.21. The lowest BCUT2D eigenvalue weighted by molar-refractivity contribution is -0.387. The fourth-order valence-electron chi connectivity index (χ4n) is 1.78. The minimum absolute atomic E-state index is 0.120. The minimum atomic E-state index is -1.51. The third-order valence-electron chi connectivity index (χ3n) is 2.65. The zero-order valence-electron chi connectivity index (χ0n) is 10.9. The molecule has 6 nitrogen and oxygen atoms in total. The summed E-state index contributed by atoms with van der Waals surface area (Å²) in [5, 5.41) is 13.9. The molecule has 1 N–H and O–H groups in total. The van der Waals surface area contributed by atoms with Crippen molar-refractivity contribution in [3.8, 4) is 0 Å². The Labute approximate surface area is 118 Å². The summed E-state index contributed by atoms with van der Waals surface area (Å²) in [5.41, 5.74) is -0.132. The summed E-state index contributed by atoms with van der Waals surface area (Å²) in [7, 11) is 0.286. The molecule has 2 aromatic rings. The van der Waals surface area contributed by atoms with Crippen LogP contribution in [0.2, 0.25) is 0 Å². The quantitative estimate of drug-likeness (QED) is 0.652. The maximum Gasteiger partial charge on any atom is 0.285 e. The van der Waals surface area contributed by atoms with E-state index in [1.165, 1.54) is 12.1 Å². The number of nitrogens with one attached hydrogen (secondary N) is 1. The minimum Gasteiger partial charge on any atom is -0.464 e. The number of furan rings is 1. The number of benzene rings is 1. The first-order valence-electron chi connectivity index (χ1n) is 5.96. The standard InChI is InChI=1S/C13H14N2O4S/c1-14-8-10-6-7-11(19-10)9-20(18)13-5-3-2-4-12(13)15(16)17/h2-7,14H,8-9H2,1H3. The summed E-state index contributed by atoms with van der Waals surface area (Å²) >= 11 is 0. The van der Waals surface area contributed by atoms with Crippen molar-refractivity contribution in [3.63, 3.8) is 0 Å². The molecule has 1 aromatic heterocycles. The van der Waals surface area contributed by atoms with Crippen LogP contribution < -0.4 is 5.32 Å². The lowest BCUT2D eigenvalue weighted by Crippen LogP contribution is -2.03. The highest BCUT2D eigenvalue weighted by Gasteiger charge is 2.19. The normalized spacial score (nSPS) is 12.2. The lowest BCUT2D eigenvalue weighted by Gasteiger charge is -2.01. The molecule has 0 aliphatic heterocycles. The van der Waals surface area contributed by atoms with Gasteiger partial charge in [-0.15, -0.1) is 0 Å². The predicted molar refractivity (Wildman–Crippen MR) is 74.7 cm³/mol. The van der Waals surface area contributed by atoms with Gasteiger partial charge in [-0.25, -0.2) is 0 Å². The van der Waals surface area contributed by atoms with Crippen LogP contribution in [0.4, 0.5) is 5.69 Å². The van der Waals surface area contributed by atoms with Gasteiger partial charge >= 0.3 is 0 Å². The Bertz CT molecular complexity index is 639. The first-order chi connectivity index (χ1) is 9.61. The molecule has 0 saturated carbocycles. The first kappa shape index (κ1) is 14.4. The molecular weight excluding hydrogens is 280 g/mol. The molecule has 0 radical (unpaired) electrons. The van der Waals surface area contributed by atoms with E-state index in [4.69, 9.17) is 4.42 Å².